The van der Waals surface area contributed by atoms with Crippen molar-refractivity contribution in [2.75, 3.05) is 5.75 Å². The summed E-state index contributed by atoms with van der Waals surface area (Å²) in [6.07, 6.45) is 9.66. The Bertz CT molecular complexity index is 372. The van der Waals surface area contributed by atoms with Crippen LogP contribution in [0.15, 0.2) is 28.3 Å². The monoisotopic (exact) mass is 280 g/mol. The predicted octanol–water partition coefficient (Wildman–Crippen LogP) is 3.44. The van der Waals surface area contributed by atoms with Gasteiger partial charge in [-0.3, -0.25) is 0 Å². The van der Waals surface area contributed by atoms with Crippen LogP contribution >= 0.6 is 11.8 Å². The molecule has 0 aliphatic heterocycles. The number of aliphatic imine (C=N–C) groups is 1. The van der Waals surface area contributed by atoms with E-state index in [9.17, 15) is 0 Å². The largest absolute Gasteiger partial charge is 0.370 e. The van der Waals surface area contributed by atoms with E-state index in [4.69, 9.17) is 11.5 Å². The predicted molar refractivity (Wildman–Crippen MR) is 83.8 cm³/mol. The Morgan fingerprint density at radius 1 is 1.16 bits per heavy atom. The molecular formula is C14H24N4S. The number of unbranched alkanes of at least 4 members (excludes halogenated alkanes) is 5. The second-order valence-corrected chi connectivity index (χ2v) is 5.62. The van der Waals surface area contributed by atoms with Gasteiger partial charge in [-0.25, -0.2) is 9.98 Å². The Balaban J connectivity index is 2.18. The minimum atomic E-state index is 0.0642. The molecule has 0 amide bonds. The number of nitrogens with two attached hydrogens (primary N) is 2. The maximum absolute atomic E-state index is 5.31. The molecule has 0 atom stereocenters. The highest BCUT2D eigenvalue weighted by atomic mass is 32.2. The summed E-state index contributed by atoms with van der Waals surface area (Å²) in [6.45, 7) is 2.24. The maximum atomic E-state index is 5.31. The number of nitrogens with zero attached hydrogens (tertiary/aromatic N) is 2. The second-order valence-electron chi connectivity index (χ2n) is 4.51. The van der Waals surface area contributed by atoms with Crippen molar-refractivity contribution in [2.45, 2.75) is 50.5 Å². The van der Waals surface area contributed by atoms with Gasteiger partial charge in [-0.1, -0.05) is 39.0 Å². The van der Waals surface area contributed by atoms with E-state index in [2.05, 4.69) is 16.9 Å². The highest BCUT2D eigenvalue weighted by molar-refractivity contribution is 7.99. The first-order chi connectivity index (χ1) is 9.22. The van der Waals surface area contributed by atoms with E-state index in [1.807, 2.05) is 12.1 Å². The van der Waals surface area contributed by atoms with Gasteiger partial charge in [0, 0.05) is 0 Å². The number of rotatable bonds is 9. The Labute approximate surface area is 120 Å². The van der Waals surface area contributed by atoms with E-state index < -0.39 is 0 Å². The normalized spacial score (nSPS) is 10.4. The molecule has 1 aromatic rings. The molecule has 0 spiro atoms. The van der Waals surface area contributed by atoms with Gasteiger partial charge in [0.2, 0.25) is 0 Å². The quantitative estimate of drug-likeness (QED) is 0.314. The first-order valence-electron chi connectivity index (χ1n) is 6.91. The summed E-state index contributed by atoms with van der Waals surface area (Å²) >= 11 is 1.79. The van der Waals surface area contributed by atoms with Gasteiger partial charge in [0.15, 0.2) is 5.96 Å². The number of guanidine groups is 1. The lowest BCUT2D eigenvalue weighted by molar-refractivity contribution is 0.627. The van der Waals surface area contributed by atoms with Crippen LogP contribution in [0.1, 0.15) is 45.4 Å². The van der Waals surface area contributed by atoms with Gasteiger partial charge >= 0.3 is 0 Å². The van der Waals surface area contributed by atoms with Gasteiger partial charge < -0.3 is 11.5 Å². The molecule has 0 radical (unpaired) electrons. The van der Waals surface area contributed by atoms with E-state index >= 15 is 0 Å². The zero-order valence-corrected chi connectivity index (χ0v) is 12.5. The summed E-state index contributed by atoms with van der Waals surface area (Å²) in [5.74, 6) is 1.19. The molecule has 0 aromatic carbocycles. The summed E-state index contributed by atoms with van der Waals surface area (Å²) in [5, 5.41) is 1.03. The van der Waals surface area contributed by atoms with Crippen LogP contribution < -0.4 is 11.5 Å². The second kappa shape index (κ2) is 9.67. The van der Waals surface area contributed by atoms with Crippen LogP contribution in [-0.2, 0) is 0 Å². The van der Waals surface area contributed by atoms with Crippen LogP contribution in [0.5, 0.6) is 0 Å². The van der Waals surface area contributed by atoms with Gasteiger partial charge in [-0.05, 0) is 24.3 Å². The highest BCUT2D eigenvalue weighted by Gasteiger charge is 1.97. The minimum Gasteiger partial charge on any atom is -0.370 e. The van der Waals surface area contributed by atoms with E-state index in [1.54, 1.807) is 18.0 Å². The maximum Gasteiger partial charge on any atom is 0.191 e. The summed E-state index contributed by atoms with van der Waals surface area (Å²) in [5.41, 5.74) is 11.3. The summed E-state index contributed by atoms with van der Waals surface area (Å²) < 4.78 is 0. The molecular weight excluding hydrogens is 256 g/mol. The number of aromatic nitrogens is 1. The fourth-order valence-corrected chi connectivity index (χ4v) is 2.58. The highest BCUT2D eigenvalue weighted by Crippen LogP contribution is 2.20. The Hall–Kier alpha value is -1.23. The van der Waals surface area contributed by atoms with E-state index in [1.165, 1.54) is 38.5 Å². The molecule has 0 fully saturated rings. The van der Waals surface area contributed by atoms with Crippen molar-refractivity contribution < 1.29 is 0 Å². The number of hydrogen-bond donors (Lipinski definition) is 2. The summed E-state index contributed by atoms with van der Waals surface area (Å²) in [6, 6.07) is 3.85. The van der Waals surface area contributed by atoms with Crippen molar-refractivity contribution in [3.05, 3.63) is 18.3 Å². The molecule has 1 heterocycles. The number of hydrogen-bond acceptors (Lipinski definition) is 3. The fraction of sp³-hybridized carbons (Fsp3) is 0.571. The van der Waals surface area contributed by atoms with Crippen LogP contribution in [0, 0.1) is 0 Å². The molecule has 106 valence electrons. The minimum absolute atomic E-state index is 0.0642. The molecule has 4 nitrogen and oxygen atoms in total. The average molecular weight is 280 g/mol. The van der Waals surface area contributed by atoms with Crippen LogP contribution in [0.2, 0.25) is 0 Å². The molecule has 0 unspecified atom stereocenters. The van der Waals surface area contributed by atoms with Crippen molar-refractivity contribution >= 4 is 23.4 Å². The van der Waals surface area contributed by atoms with Crippen molar-refractivity contribution in [3.8, 4) is 0 Å². The molecule has 0 aliphatic carbocycles. The van der Waals surface area contributed by atoms with Crippen molar-refractivity contribution in [2.24, 2.45) is 16.5 Å². The molecule has 0 bridgehead atoms. The average Bonchev–Trinajstić information content (AvgIpc) is 2.39. The lowest BCUT2D eigenvalue weighted by atomic mass is 10.1. The van der Waals surface area contributed by atoms with Gasteiger partial charge in [-0.2, -0.15) is 0 Å². The molecule has 5 heteroatoms. The Morgan fingerprint density at radius 3 is 2.53 bits per heavy atom. The zero-order valence-electron chi connectivity index (χ0n) is 11.6. The lowest BCUT2D eigenvalue weighted by Gasteiger charge is -2.02. The van der Waals surface area contributed by atoms with Crippen LogP contribution in [0.25, 0.3) is 0 Å². The molecule has 19 heavy (non-hydrogen) atoms. The van der Waals surface area contributed by atoms with Crippen molar-refractivity contribution in [1.82, 2.24) is 4.98 Å². The fourth-order valence-electron chi connectivity index (χ4n) is 1.73. The number of thioether (sulfide) groups is 1. The first kappa shape index (κ1) is 15.8. The van der Waals surface area contributed by atoms with Gasteiger partial charge in [0.05, 0.1) is 16.9 Å². The molecule has 0 saturated heterocycles. The third-order valence-corrected chi connectivity index (χ3v) is 3.76. The van der Waals surface area contributed by atoms with Crippen LogP contribution in [0.4, 0.5) is 5.69 Å². The molecule has 1 rings (SSSR count). The first-order valence-corrected chi connectivity index (χ1v) is 7.89. The van der Waals surface area contributed by atoms with Crippen LogP contribution in [0.3, 0.4) is 0 Å². The zero-order chi connectivity index (χ0) is 13.9. The van der Waals surface area contributed by atoms with E-state index in [0.29, 0.717) is 5.69 Å². The molecule has 1 aromatic heterocycles. The lowest BCUT2D eigenvalue weighted by Crippen LogP contribution is -2.21. The number of pyridine rings is 1. The standard InChI is InChI=1S/C14H24N4S/c1-2-3-4-5-6-7-10-19-13-9-8-12(11-17-13)18-14(15)16/h8-9,11H,2-7,10H2,1H3,(H4,15,16,18). The molecule has 0 aliphatic rings. The third kappa shape index (κ3) is 7.72. The third-order valence-electron chi connectivity index (χ3n) is 2.73. The molecule has 4 N–H and O–H groups in total. The van der Waals surface area contributed by atoms with Gasteiger partial charge in [-0.15, -0.1) is 11.8 Å². The van der Waals surface area contributed by atoms with Crippen molar-refractivity contribution in [3.63, 3.8) is 0 Å². The smallest absolute Gasteiger partial charge is 0.191 e. The SMILES string of the molecule is CCCCCCCCSc1ccc(N=C(N)N)cn1. The summed E-state index contributed by atoms with van der Waals surface area (Å²) in [7, 11) is 0. The topological polar surface area (TPSA) is 77.3 Å². The van der Waals surface area contributed by atoms with Gasteiger partial charge in [0.25, 0.3) is 0 Å². The summed E-state index contributed by atoms with van der Waals surface area (Å²) in [4.78, 5) is 8.26. The van der Waals surface area contributed by atoms with Crippen molar-refractivity contribution in [1.29, 1.82) is 0 Å². The van der Waals surface area contributed by atoms with Gasteiger partial charge in [0.1, 0.15) is 0 Å². The van der Waals surface area contributed by atoms with Crippen LogP contribution in [-0.4, -0.2) is 16.7 Å². The Morgan fingerprint density at radius 2 is 1.89 bits per heavy atom. The molecule has 0 saturated carbocycles. The Kier molecular flexibility index (Phi) is 8.05. The van der Waals surface area contributed by atoms with E-state index in [-0.39, 0.29) is 5.96 Å². The van der Waals surface area contributed by atoms with E-state index in [0.717, 1.165) is 10.8 Å².